The number of hydrogen-bond donors (Lipinski definition) is 1. The number of hydrogen-bond acceptors (Lipinski definition) is 5. The van der Waals surface area contributed by atoms with Gasteiger partial charge in [0.25, 0.3) is 0 Å². The maximum Gasteiger partial charge on any atom is 0.244 e. The normalized spacial score (nSPS) is 24.9. The van der Waals surface area contributed by atoms with Crippen LogP contribution >= 0.6 is 46.4 Å². The minimum Gasteiger partial charge on any atom is -0.387 e. The SMILES string of the molecule is COCC1O[C@H](COC(Cl)(Cl)c2ccccc2)[C@@H](OC(Cl)(Cl)c2ccccc2)[C@H]1O. The third-order valence-corrected chi connectivity index (χ3v) is 5.97. The molecule has 0 bridgehead atoms. The molecule has 1 unspecified atom stereocenters. The van der Waals surface area contributed by atoms with Gasteiger partial charge in [-0.25, -0.2) is 0 Å². The first-order chi connectivity index (χ1) is 14.2. The van der Waals surface area contributed by atoms with Crippen molar-refractivity contribution < 1.29 is 24.1 Å². The molecule has 5 nitrogen and oxygen atoms in total. The van der Waals surface area contributed by atoms with Gasteiger partial charge < -0.3 is 24.1 Å². The van der Waals surface area contributed by atoms with Crippen molar-refractivity contribution >= 4 is 46.4 Å². The Balaban J connectivity index is 1.75. The molecule has 2 aromatic carbocycles. The van der Waals surface area contributed by atoms with Crippen molar-refractivity contribution in [3.63, 3.8) is 0 Å². The summed E-state index contributed by atoms with van der Waals surface area (Å²) in [5.41, 5.74) is 1.08. The first-order valence-electron chi connectivity index (χ1n) is 9.25. The first-order valence-corrected chi connectivity index (χ1v) is 10.8. The predicted octanol–water partition coefficient (Wildman–Crippen LogP) is 4.74. The summed E-state index contributed by atoms with van der Waals surface area (Å²) in [7, 11) is 1.51. The molecule has 0 aromatic heterocycles. The standard InChI is InChI=1S/C21H22Cl4O5/c1-27-12-16-18(26)19(30-21(24,25)15-10-6-3-7-11-15)17(29-16)13-28-20(22,23)14-8-4-2-5-9-14/h2-11,16-19,26H,12-13H2,1H3/t16?,17-,18+,19-/m1/s1. The zero-order chi connectivity index (χ0) is 21.8. The van der Waals surface area contributed by atoms with Gasteiger partial charge in [-0.1, -0.05) is 107 Å². The summed E-state index contributed by atoms with van der Waals surface area (Å²) in [6.45, 7) is 0.0640. The van der Waals surface area contributed by atoms with E-state index in [1.165, 1.54) is 7.11 Å². The summed E-state index contributed by atoms with van der Waals surface area (Å²) < 4.78 is 19.3. The molecule has 1 heterocycles. The van der Waals surface area contributed by atoms with Crippen molar-refractivity contribution in [2.75, 3.05) is 20.3 Å². The zero-order valence-electron chi connectivity index (χ0n) is 16.1. The van der Waals surface area contributed by atoms with Gasteiger partial charge in [0.05, 0.1) is 13.2 Å². The molecule has 0 spiro atoms. The Bertz CT molecular complexity index is 790. The Kier molecular flexibility index (Phi) is 8.29. The van der Waals surface area contributed by atoms with Gasteiger partial charge in [0.15, 0.2) is 0 Å². The third kappa shape index (κ3) is 5.80. The van der Waals surface area contributed by atoms with Gasteiger partial charge in [-0.2, -0.15) is 0 Å². The first kappa shape index (κ1) is 24.1. The molecule has 0 saturated carbocycles. The lowest BCUT2D eigenvalue weighted by Crippen LogP contribution is -2.42. The van der Waals surface area contributed by atoms with E-state index in [1.54, 1.807) is 48.5 Å². The van der Waals surface area contributed by atoms with Crippen LogP contribution < -0.4 is 0 Å². The van der Waals surface area contributed by atoms with Crippen LogP contribution in [0.5, 0.6) is 0 Å². The van der Waals surface area contributed by atoms with Gasteiger partial charge in [-0.05, 0) is 0 Å². The predicted molar refractivity (Wildman–Crippen MR) is 117 cm³/mol. The monoisotopic (exact) mass is 494 g/mol. The van der Waals surface area contributed by atoms with Crippen molar-refractivity contribution in [2.24, 2.45) is 0 Å². The van der Waals surface area contributed by atoms with Crippen LogP contribution in [0, 0.1) is 0 Å². The average molecular weight is 496 g/mol. The van der Waals surface area contributed by atoms with E-state index in [0.717, 1.165) is 0 Å². The highest BCUT2D eigenvalue weighted by Crippen LogP contribution is 2.41. The number of ether oxygens (including phenoxy) is 4. The number of alkyl halides is 4. The molecule has 3 rings (SSSR count). The quantitative estimate of drug-likeness (QED) is 0.509. The molecule has 0 radical (unpaired) electrons. The molecular formula is C21H22Cl4O5. The summed E-state index contributed by atoms with van der Waals surface area (Å²) in [6, 6.07) is 17.7. The Labute approximate surface area is 195 Å². The van der Waals surface area contributed by atoms with Crippen LogP contribution in [0.15, 0.2) is 60.7 Å². The van der Waals surface area contributed by atoms with Crippen molar-refractivity contribution in [1.29, 1.82) is 0 Å². The van der Waals surface area contributed by atoms with E-state index < -0.39 is 33.5 Å². The second-order valence-corrected chi connectivity index (χ2v) is 9.33. The van der Waals surface area contributed by atoms with E-state index in [1.807, 2.05) is 12.1 Å². The van der Waals surface area contributed by atoms with Crippen LogP contribution in [0.1, 0.15) is 11.1 Å². The summed E-state index contributed by atoms with van der Waals surface area (Å²) in [5, 5.41) is 10.7. The van der Waals surface area contributed by atoms with Gasteiger partial charge >= 0.3 is 0 Å². The number of methoxy groups -OCH3 is 1. The lowest BCUT2D eigenvalue weighted by atomic mass is 10.1. The third-order valence-electron chi connectivity index (χ3n) is 4.70. The summed E-state index contributed by atoms with van der Waals surface area (Å²) in [4.78, 5) is 0. The number of halogens is 4. The summed E-state index contributed by atoms with van der Waals surface area (Å²) in [5.74, 6) is 0. The fourth-order valence-electron chi connectivity index (χ4n) is 3.17. The van der Waals surface area contributed by atoms with Gasteiger partial charge in [-0.3, -0.25) is 0 Å². The van der Waals surface area contributed by atoms with E-state index in [2.05, 4.69) is 0 Å². The van der Waals surface area contributed by atoms with E-state index in [4.69, 9.17) is 65.4 Å². The molecule has 1 aliphatic rings. The van der Waals surface area contributed by atoms with Crippen LogP contribution in [-0.2, 0) is 28.0 Å². The Morgan fingerprint density at radius 3 is 1.90 bits per heavy atom. The van der Waals surface area contributed by atoms with Crippen LogP contribution in [0.4, 0.5) is 0 Å². The molecule has 1 fully saturated rings. The summed E-state index contributed by atoms with van der Waals surface area (Å²) >= 11 is 25.6. The molecule has 1 N–H and O–H groups in total. The molecule has 2 aromatic rings. The van der Waals surface area contributed by atoms with Gasteiger partial charge in [-0.15, -0.1) is 0 Å². The molecule has 164 valence electrons. The lowest BCUT2D eigenvalue weighted by molar-refractivity contribution is -0.0992. The average Bonchev–Trinajstić information content (AvgIpc) is 3.03. The number of aliphatic hydroxyl groups is 1. The van der Waals surface area contributed by atoms with Crippen LogP contribution in [0.2, 0.25) is 0 Å². The highest BCUT2D eigenvalue weighted by atomic mass is 35.5. The topological polar surface area (TPSA) is 57.2 Å². The number of benzene rings is 2. The zero-order valence-corrected chi connectivity index (χ0v) is 19.1. The van der Waals surface area contributed by atoms with Crippen molar-refractivity contribution in [3.05, 3.63) is 71.8 Å². The van der Waals surface area contributed by atoms with Crippen LogP contribution in [0.25, 0.3) is 0 Å². The molecular weight excluding hydrogens is 474 g/mol. The van der Waals surface area contributed by atoms with Gasteiger partial charge in [0.2, 0.25) is 9.04 Å². The smallest absolute Gasteiger partial charge is 0.244 e. The molecule has 9 heteroatoms. The number of aliphatic hydroxyl groups excluding tert-OH is 1. The second-order valence-electron chi connectivity index (χ2n) is 6.82. The Morgan fingerprint density at radius 2 is 1.37 bits per heavy atom. The molecule has 4 atom stereocenters. The largest absolute Gasteiger partial charge is 0.387 e. The van der Waals surface area contributed by atoms with E-state index in [9.17, 15) is 5.11 Å². The van der Waals surface area contributed by atoms with Crippen molar-refractivity contribution in [3.8, 4) is 0 Å². The molecule has 0 aliphatic carbocycles. The Hall–Kier alpha value is -0.600. The fourth-order valence-corrected chi connectivity index (χ4v) is 4.00. The number of rotatable bonds is 9. The van der Waals surface area contributed by atoms with E-state index in [-0.39, 0.29) is 13.2 Å². The molecule has 1 aliphatic heterocycles. The van der Waals surface area contributed by atoms with E-state index >= 15 is 0 Å². The minimum absolute atomic E-state index is 0.0809. The maximum atomic E-state index is 10.7. The van der Waals surface area contributed by atoms with Gasteiger partial charge in [0, 0.05) is 18.2 Å². The summed E-state index contributed by atoms with van der Waals surface area (Å²) in [6.07, 6.45) is -3.39. The molecule has 0 amide bonds. The van der Waals surface area contributed by atoms with Crippen LogP contribution in [-0.4, -0.2) is 49.8 Å². The fraction of sp³-hybridized carbons (Fsp3) is 0.429. The van der Waals surface area contributed by atoms with Gasteiger partial charge in [0.1, 0.15) is 24.4 Å². The highest BCUT2D eigenvalue weighted by molar-refractivity contribution is 6.47. The van der Waals surface area contributed by atoms with E-state index in [0.29, 0.717) is 11.1 Å². The molecule has 30 heavy (non-hydrogen) atoms. The second kappa shape index (κ2) is 10.3. The van der Waals surface area contributed by atoms with Crippen LogP contribution in [0.3, 0.4) is 0 Å². The lowest BCUT2D eigenvalue weighted by Gasteiger charge is -2.30. The van der Waals surface area contributed by atoms with Crippen molar-refractivity contribution in [1.82, 2.24) is 0 Å². The Morgan fingerprint density at radius 1 is 0.833 bits per heavy atom. The maximum absolute atomic E-state index is 10.7. The van der Waals surface area contributed by atoms with Crippen molar-refractivity contribution in [2.45, 2.75) is 33.5 Å². The minimum atomic E-state index is -1.71. The highest BCUT2D eigenvalue weighted by Gasteiger charge is 2.49. The molecule has 1 saturated heterocycles.